The third-order valence-corrected chi connectivity index (χ3v) is 2.63. The van der Waals surface area contributed by atoms with Gasteiger partial charge in [0.15, 0.2) is 0 Å². The highest BCUT2D eigenvalue weighted by Crippen LogP contribution is 2.16. The molecular weight excluding hydrogens is 226 g/mol. The molecule has 0 atom stereocenters. The van der Waals surface area contributed by atoms with Gasteiger partial charge in [0.2, 0.25) is 0 Å². The third-order valence-electron chi connectivity index (χ3n) is 2.63. The van der Waals surface area contributed by atoms with Crippen molar-refractivity contribution in [3.8, 4) is 0 Å². The quantitative estimate of drug-likeness (QED) is 0.809. The zero-order valence-electron chi connectivity index (χ0n) is 9.60. The number of halogens is 1. The maximum absolute atomic E-state index is 4.15. The van der Waals surface area contributed by atoms with Gasteiger partial charge in [0, 0.05) is 37.4 Å². The van der Waals surface area contributed by atoms with Gasteiger partial charge in [0.05, 0.1) is 0 Å². The second-order valence-electron chi connectivity index (χ2n) is 4.35. The summed E-state index contributed by atoms with van der Waals surface area (Å²) in [6.07, 6.45) is 3.29. The van der Waals surface area contributed by atoms with Crippen LogP contribution in [0.3, 0.4) is 0 Å². The van der Waals surface area contributed by atoms with E-state index < -0.39 is 0 Å². The third kappa shape index (κ3) is 3.04. The van der Waals surface area contributed by atoms with Gasteiger partial charge in [-0.3, -0.25) is 0 Å². The highest BCUT2D eigenvalue weighted by molar-refractivity contribution is 5.85. The number of hydrogen-bond donors (Lipinski definition) is 2. The van der Waals surface area contributed by atoms with Crippen LogP contribution in [-0.4, -0.2) is 40.2 Å². The summed E-state index contributed by atoms with van der Waals surface area (Å²) in [5.74, 6) is 0.847. The van der Waals surface area contributed by atoms with E-state index in [9.17, 15) is 0 Å². The molecule has 0 saturated carbocycles. The Balaban J connectivity index is 0.00000128. The zero-order valence-corrected chi connectivity index (χ0v) is 10.4. The smallest absolute Gasteiger partial charge is 0.143 e. The molecular formula is C10H18ClN5. The molecule has 1 fully saturated rings. The Labute approximate surface area is 102 Å². The highest BCUT2D eigenvalue weighted by Gasteiger charge is 2.29. The largest absolute Gasteiger partial charge is 0.313 e. The van der Waals surface area contributed by atoms with Crippen molar-refractivity contribution in [2.24, 2.45) is 0 Å². The Hall–Kier alpha value is -0.910. The van der Waals surface area contributed by atoms with Crippen molar-refractivity contribution >= 4 is 18.2 Å². The van der Waals surface area contributed by atoms with Crippen molar-refractivity contribution in [3.05, 3.63) is 18.6 Å². The normalized spacial score (nSPS) is 19.9. The average molecular weight is 244 g/mol. The number of anilines is 1. The summed E-state index contributed by atoms with van der Waals surface area (Å²) in [5.41, 5.74) is 3.41. The van der Waals surface area contributed by atoms with E-state index in [-0.39, 0.29) is 17.9 Å². The molecule has 1 saturated heterocycles. The van der Waals surface area contributed by atoms with E-state index in [1.807, 2.05) is 6.07 Å². The van der Waals surface area contributed by atoms with E-state index in [1.165, 1.54) is 0 Å². The maximum Gasteiger partial charge on any atom is 0.143 e. The van der Waals surface area contributed by atoms with Crippen LogP contribution in [0.4, 0.5) is 5.82 Å². The molecule has 2 N–H and O–H groups in total. The van der Waals surface area contributed by atoms with Gasteiger partial charge in [-0.2, -0.15) is 0 Å². The van der Waals surface area contributed by atoms with Crippen molar-refractivity contribution in [2.45, 2.75) is 19.4 Å². The minimum Gasteiger partial charge on any atom is -0.313 e. The average Bonchev–Trinajstić information content (AvgIpc) is 2.23. The summed E-state index contributed by atoms with van der Waals surface area (Å²) in [5, 5.41) is 5.59. The topological polar surface area (TPSA) is 53.1 Å². The molecule has 2 heterocycles. The number of piperazine rings is 1. The Morgan fingerprint density at radius 3 is 2.94 bits per heavy atom. The lowest BCUT2D eigenvalue weighted by molar-refractivity contribution is 0.120. The van der Waals surface area contributed by atoms with E-state index in [1.54, 1.807) is 12.5 Å². The van der Waals surface area contributed by atoms with Gasteiger partial charge < -0.3 is 10.7 Å². The van der Waals surface area contributed by atoms with E-state index in [4.69, 9.17) is 0 Å². The van der Waals surface area contributed by atoms with E-state index >= 15 is 0 Å². The SMILES string of the molecule is CC1(C)CNCCN1Nc1ccncn1.Cl. The summed E-state index contributed by atoms with van der Waals surface area (Å²) < 4.78 is 0. The number of nitrogens with one attached hydrogen (secondary N) is 2. The first-order valence-corrected chi connectivity index (χ1v) is 5.19. The van der Waals surface area contributed by atoms with Crippen LogP contribution in [0.1, 0.15) is 13.8 Å². The molecule has 1 aromatic rings. The summed E-state index contributed by atoms with van der Waals surface area (Å²) >= 11 is 0. The number of hydrogen-bond acceptors (Lipinski definition) is 5. The molecule has 0 amide bonds. The molecule has 16 heavy (non-hydrogen) atoms. The van der Waals surface area contributed by atoms with Crippen molar-refractivity contribution in [1.29, 1.82) is 0 Å². The van der Waals surface area contributed by atoms with Crippen molar-refractivity contribution in [3.63, 3.8) is 0 Å². The Kier molecular flexibility index (Phi) is 4.46. The van der Waals surface area contributed by atoms with Crippen LogP contribution in [-0.2, 0) is 0 Å². The lowest BCUT2D eigenvalue weighted by atomic mass is 10.0. The first-order valence-electron chi connectivity index (χ1n) is 5.19. The van der Waals surface area contributed by atoms with Gasteiger partial charge >= 0.3 is 0 Å². The van der Waals surface area contributed by atoms with Crippen LogP contribution >= 0.6 is 12.4 Å². The Morgan fingerprint density at radius 2 is 2.31 bits per heavy atom. The lowest BCUT2D eigenvalue weighted by Gasteiger charge is -2.42. The molecule has 90 valence electrons. The van der Waals surface area contributed by atoms with Gasteiger partial charge in [-0.1, -0.05) is 0 Å². The lowest BCUT2D eigenvalue weighted by Crippen LogP contribution is -2.59. The zero-order chi connectivity index (χ0) is 10.7. The number of nitrogens with zero attached hydrogens (tertiary/aromatic N) is 3. The van der Waals surface area contributed by atoms with Crippen LogP contribution in [0, 0.1) is 0 Å². The Morgan fingerprint density at radius 1 is 1.50 bits per heavy atom. The predicted octanol–water partition coefficient (Wildman–Crippen LogP) is 0.909. The number of aromatic nitrogens is 2. The summed E-state index contributed by atoms with van der Waals surface area (Å²) in [6.45, 7) is 7.35. The molecule has 0 aliphatic carbocycles. The van der Waals surface area contributed by atoms with Gasteiger partial charge in [-0.05, 0) is 13.8 Å². The van der Waals surface area contributed by atoms with E-state index in [0.717, 1.165) is 25.5 Å². The monoisotopic (exact) mass is 243 g/mol. The molecule has 0 bridgehead atoms. The number of hydrazine groups is 1. The molecule has 0 radical (unpaired) electrons. The van der Waals surface area contributed by atoms with E-state index in [0.29, 0.717) is 0 Å². The molecule has 1 aliphatic heterocycles. The molecule has 1 aliphatic rings. The van der Waals surface area contributed by atoms with Crippen LogP contribution in [0.15, 0.2) is 18.6 Å². The first-order chi connectivity index (χ1) is 7.18. The fourth-order valence-electron chi connectivity index (χ4n) is 1.69. The minimum absolute atomic E-state index is 0. The van der Waals surface area contributed by atoms with Crippen molar-refractivity contribution in [2.75, 3.05) is 25.1 Å². The molecule has 0 aromatic carbocycles. The standard InChI is InChI=1S/C10H17N5.ClH/c1-10(2)7-11-5-6-15(10)14-9-3-4-12-8-13-9;/h3-4,8,11H,5-7H2,1-2H3,(H,12,13,14);1H. The van der Waals surface area contributed by atoms with Crippen molar-refractivity contribution in [1.82, 2.24) is 20.3 Å². The second-order valence-corrected chi connectivity index (χ2v) is 4.35. The van der Waals surface area contributed by atoms with Gasteiger partial charge in [0.1, 0.15) is 12.1 Å². The van der Waals surface area contributed by atoms with Gasteiger partial charge in [-0.15, -0.1) is 12.4 Å². The van der Waals surface area contributed by atoms with Crippen LogP contribution in [0.5, 0.6) is 0 Å². The van der Waals surface area contributed by atoms with Crippen molar-refractivity contribution < 1.29 is 0 Å². The molecule has 6 heteroatoms. The van der Waals surface area contributed by atoms with Gasteiger partial charge in [-0.25, -0.2) is 15.0 Å². The Bertz CT molecular complexity index is 316. The molecule has 5 nitrogen and oxygen atoms in total. The number of rotatable bonds is 2. The fourth-order valence-corrected chi connectivity index (χ4v) is 1.69. The first kappa shape index (κ1) is 13.2. The molecule has 2 rings (SSSR count). The van der Waals surface area contributed by atoms with Crippen LogP contribution in [0.2, 0.25) is 0 Å². The summed E-state index contributed by atoms with van der Waals surface area (Å²) in [6, 6.07) is 1.87. The summed E-state index contributed by atoms with van der Waals surface area (Å²) in [4.78, 5) is 8.05. The van der Waals surface area contributed by atoms with Crippen LogP contribution < -0.4 is 10.7 Å². The fraction of sp³-hybridized carbons (Fsp3) is 0.600. The van der Waals surface area contributed by atoms with Gasteiger partial charge in [0.25, 0.3) is 0 Å². The molecule has 1 aromatic heterocycles. The summed E-state index contributed by atoms with van der Waals surface area (Å²) in [7, 11) is 0. The second kappa shape index (κ2) is 5.43. The van der Waals surface area contributed by atoms with Crippen LogP contribution in [0.25, 0.3) is 0 Å². The minimum atomic E-state index is 0. The molecule has 0 unspecified atom stereocenters. The van der Waals surface area contributed by atoms with E-state index in [2.05, 4.69) is 39.6 Å². The highest BCUT2D eigenvalue weighted by atomic mass is 35.5. The predicted molar refractivity (Wildman–Crippen MR) is 66.6 cm³/mol. The maximum atomic E-state index is 4.15. The molecule has 0 spiro atoms.